The molecule has 0 saturated carbocycles. The molecule has 0 heterocycles. The van der Waals surface area contributed by atoms with Gasteiger partial charge in [0.15, 0.2) is 0 Å². The molecule has 2 heteroatoms. The fraction of sp³-hybridized carbons (Fsp3) is 0.235. The molecular formula is C17H17NSe. The summed E-state index contributed by atoms with van der Waals surface area (Å²) >= 11 is 0.168. The Morgan fingerprint density at radius 2 is 1.53 bits per heavy atom. The van der Waals surface area contributed by atoms with Crippen molar-refractivity contribution in [3.8, 4) is 16.1 Å². The summed E-state index contributed by atoms with van der Waals surface area (Å²) in [5.74, 6) is 0. The quantitative estimate of drug-likeness (QED) is 0.599. The average Bonchev–Trinajstić information content (AvgIpc) is 2.45. The van der Waals surface area contributed by atoms with E-state index in [0.717, 1.165) is 18.2 Å². The van der Waals surface area contributed by atoms with Gasteiger partial charge in [-0.25, -0.2) is 0 Å². The monoisotopic (exact) mass is 315 g/mol. The van der Waals surface area contributed by atoms with E-state index in [0.29, 0.717) is 0 Å². The average molecular weight is 314 g/mol. The van der Waals surface area contributed by atoms with Crippen molar-refractivity contribution in [1.82, 2.24) is 0 Å². The summed E-state index contributed by atoms with van der Waals surface area (Å²) in [7, 11) is 0. The molecule has 0 fully saturated rings. The number of rotatable bonds is 5. The minimum absolute atomic E-state index is 0.168. The molecule has 0 N–H and O–H groups in total. The van der Waals surface area contributed by atoms with Gasteiger partial charge >= 0.3 is 121 Å². The summed E-state index contributed by atoms with van der Waals surface area (Å²) in [4.78, 5) is 2.25. The van der Waals surface area contributed by atoms with Gasteiger partial charge in [0.05, 0.1) is 0 Å². The molecule has 19 heavy (non-hydrogen) atoms. The normalized spacial score (nSPS) is 10.1. The van der Waals surface area contributed by atoms with E-state index in [1.54, 1.807) is 0 Å². The van der Waals surface area contributed by atoms with Crippen LogP contribution in [0.25, 0.3) is 11.1 Å². The Kier molecular flexibility index (Phi) is 5.21. The van der Waals surface area contributed by atoms with Crippen LogP contribution in [0.5, 0.6) is 0 Å². The standard InChI is InChI=1S/C17H17NSe/c1-14-4-8-16(9-5-14)17-10-6-15(7-11-17)3-2-12-19-13-18/h4-11H,2-3,12H2,1H3. The number of nitriles is 1. The van der Waals surface area contributed by atoms with Crippen molar-refractivity contribution >= 4 is 15.0 Å². The molecule has 2 aromatic carbocycles. The van der Waals surface area contributed by atoms with Gasteiger partial charge in [-0.15, -0.1) is 0 Å². The van der Waals surface area contributed by atoms with E-state index in [1.807, 2.05) is 0 Å². The van der Waals surface area contributed by atoms with E-state index in [9.17, 15) is 0 Å². The van der Waals surface area contributed by atoms with E-state index in [-0.39, 0.29) is 15.0 Å². The van der Waals surface area contributed by atoms with Crippen molar-refractivity contribution in [3.05, 3.63) is 59.7 Å². The maximum atomic E-state index is 8.52. The SMILES string of the molecule is Cc1ccc(-c2ccc(CCC[Se]C#N)cc2)cc1. The molecule has 96 valence electrons. The Hall–Kier alpha value is -1.55. The van der Waals surface area contributed by atoms with Crippen molar-refractivity contribution in [2.75, 3.05) is 0 Å². The van der Waals surface area contributed by atoms with Gasteiger partial charge < -0.3 is 0 Å². The van der Waals surface area contributed by atoms with E-state index < -0.39 is 0 Å². The third-order valence-electron chi connectivity index (χ3n) is 3.12. The van der Waals surface area contributed by atoms with Crippen LogP contribution in [0, 0.1) is 17.2 Å². The first-order valence-corrected chi connectivity index (χ1v) is 8.53. The van der Waals surface area contributed by atoms with E-state index in [2.05, 4.69) is 60.4 Å². The molecule has 0 atom stereocenters. The molecule has 0 aliphatic carbocycles. The Bertz CT molecular complexity index is 549. The molecule has 1 nitrogen and oxygen atoms in total. The molecule has 0 bridgehead atoms. The van der Waals surface area contributed by atoms with Crippen LogP contribution in [0.3, 0.4) is 0 Å². The summed E-state index contributed by atoms with van der Waals surface area (Å²) in [6.07, 6.45) is 2.20. The number of hydrogen-bond acceptors (Lipinski definition) is 1. The topological polar surface area (TPSA) is 23.8 Å². The van der Waals surface area contributed by atoms with Crippen molar-refractivity contribution < 1.29 is 0 Å². The second-order valence-electron chi connectivity index (χ2n) is 4.61. The van der Waals surface area contributed by atoms with Crippen LogP contribution in [0.15, 0.2) is 48.5 Å². The second kappa shape index (κ2) is 7.14. The summed E-state index contributed by atoms with van der Waals surface area (Å²) in [6.45, 7) is 2.11. The zero-order valence-corrected chi connectivity index (χ0v) is 12.8. The molecule has 0 radical (unpaired) electrons. The molecule has 0 aliphatic rings. The van der Waals surface area contributed by atoms with E-state index in [4.69, 9.17) is 5.26 Å². The fourth-order valence-electron chi connectivity index (χ4n) is 2.00. The third kappa shape index (κ3) is 4.24. The van der Waals surface area contributed by atoms with Gasteiger partial charge in [0.1, 0.15) is 0 Å². The molecule has 0 saturated heterocycles. The van der Waals surface area contributed by atoms with Gasteiger partial charge in [-0.3, -0.25) is 0 Å². The summed E-state index contributed by atoms with van der Waals surface area (Å²) < 4.78 is 0. The zero-order chi connectivity index (χ0) is 13.5. The number of aryl methyl sites for hydroxylation is 2. The first kappa shape index (κ1) is 13.9. The van der Waals surface area contributed by atoms with Gasteiger partial charge in [0, 0.05) is 0 Å². The fourth-order valence-corrected chi connectivity index (χ4v) is 2.80. The zero-order valence-electron chi connectivity index (χ0n) is 11.1. The van der Waals surface area contributed by atoms with E-state index in [1.165, 1.54) is 22.3 Å². The van der Waals surface area contributed by atoms with Crippen LogP contribution in [-0.4, -0.2) is 15.0 Å². The molecular weight excluding hydrogens is 297 g/mol. The summed E-state index contributed by atoms with van der Waals surface area (Å²) in [5.41, 5.74) is 5.19. The van der Waals surface area contributed by atoms with Crippen LogP contribution in [0.2, 0.25) is 5.32 Å². The van der Waals surface area contributed by atoms with Crippen LogP contribution >= 0.6 is 0 Å². The maximum absolute atomic E-state index is 8.52. The van der Waals surface area contributed by atoms with Crippen LogP contribution in [0.1, 0.15) is 17.5 Å². The molecule has 0 spiro atoms. The van der Waals surface area contributed by atoms with Crippen molar-refractivity contribution in [2.45, 2.75) is 25.1 Å². The summed E-state index contributed by atoms with van der Waals surface area (Å²) in [5, 5.41) is 9.58. The van der Waals surface area contributed by atoms with Crippen molar-refractivity contribution in [1.29, 1.82) is 5.26 Å². The molecule has 2 aromatic rings. The number of hydrogen-bond donors (Lipinski definition) is 0. The van der Waals surface area contributed by atoms with Gasteiger partial charge in [-0.1, -0.05) is 0 Å². The molecule has 2 rings (SSSR count). The first-order chi connectivity index (χ1) is 9.29. The molecule has 0 unspecified atom stereocenters. The second-order valence-corrected chi connectivity index (χ2v) is 6.45. The predicted octanol–water partition coefficient (Wildman–Crippen LogP) is 4.20. The van der Waals surface area contributed by atoms with Crippen LogP contribution in [-0.2, 0) is 6.42 Å². The number of nitrogens with zero attached hydrogens (tertiary/aromatic N) is 1. The van der Waals surface area contributed by atoms with E-state index >= 15 is 0 Å². The van der Waals surface area contributed by atoms with Crippen molar-refractivity contribution in [3.63, 3.8) is 0 Å². The Balaban J connectivity index is 1.98. The first-order valence-electron chi connectivity index (χ1n) is 6.46. The Labute approximate surface area is 121 Å². The Morgan fingerprint density at radius 1 is 0.947 bits per heavy atom. The third-order valence-corrected chi connectivity index (χ3v) is 4.42. The predicted molar refractivity (Wildman–Crippen MR) is 81.1 cm³/mol. The molecule has 0 aromatic heterocycles. The van der Waals surface area contributed by atoms with Gasteiger partial charge in [-0.2, -0.15) is 0 Å². The van der Waals surface area contributed by atoms with Crippen LogP contribution in [0.4, 0.5) is 0 Å². The van der Waals surface area contributed by atoms with Gasteiger partial charge in [-0.05, 0) is 0 Å². The summed E-state index contributed by atoms with van der Waals surface area (Å²) in [6, 6.07) is 17.4. The van der Waals surface area contributed by atoms with Crippen LogP contribution < -0.4 is 0 Å². The van der Waals surface area contributed by atoms with Gasteiger partial charge in [0.2, 0.25) is 0 Å². The number of benzene rings is 2. The van der Waals surface area contributed by atoms with Crippen molar-refractivity contribution in [2.24, 2.45) is 0 Å². The van der Waals surface area contributed by atoms with Gasteiger partial charge in [0.25, 0.3) is 0 Å². The molecule has 0 aliphatic heterocycles. The minimum atomic E-state index is 0.168. The molecule has 0 amide bonds. The Morgan fingerprint density at radius 3 is 2.11 bits per heavy atom.